The number of halogens is 2. The average molecular weight is 474 g/mol. The number of hydrogen-bond donors (Lipinski definition) is 1. The van der Waals surface area contributed by atoms with Crippen LogP contribution in [0.2, 0.25) is 10.0 Å². The molecule has 3 aromatic carbocycles. The van der Waals surface area contributed by atoms with E-state index in [2.05, 4.69) is 10.3 Å². The topological polar surface area (TPSA) is 94.4 Å². The van der Waals surface area contributed by atoms with Gasteiger partial charge in [-0.1, -0.05) is 35.3 Å². The average Bonchev–Trinajstić information content (AvgIpc) is 3.18. The van der Waals surface area contributed by atoms with Gasteiger partial charge in [-0.2, -0.15) is 0 Å². The summed E-state index contributed by atoms with van der Waals surface area (Å²) >= 11 is 14.1. The first-order valence-corrected chi connectivity index (χ1v) is 10.5. The van der Waals surface area contributed by atoms with Gasteiger partial charge in [-0.05, 0) is 36.4 Å². The molecule has 31 heavy (non-hydrogen) atoms. The highest BCUT2D eigenvalue weighted by atomic mass is 35.5. The first-order valence-electron chi connectivity index (χ1n) is 8.93. The lowest BCUT2D eigenvalue weighted by molar-refractivity contribution is -0.384. The van der Waals surface area contributed by atoms with Gasteiger partial charge < -0.3 is 10.1 Å². The number of fused-ring (bicyclic) bond motifs is 1. The first-order chi connectivity index (χ1) is 14.9. The molecule has 10 heteroatoms. The number of amides is 1. The van der Waals surface area contributed by atoms with E-state index < -0.39 is 10.8 Å². The zero-order valence-corrected chi connectivity index (χ0v) is 18.0. The number of nitro benzene ring substituents is 1. The van der Waals surface area contributed by atoms with E-state index in [-0.39, 0.29) is 17.3 Å². The molecule has 0 radical (unpaired) electrons. The largest absolute Gasteiger partial charge is 0.484 e. The number of nitrogens with one attached hydrogen (secondary N) is 1. The number of carbonyl (C=O) groups is 1. The zero-order valence-electron chi connectivity index (χ0n) is 15.7. The first kappa shape index (κ1) is 21.0. The highest BCUT2D eigenvalue weighted by Crippen LogP contribution is 2.38. The fraction of sp³-hybridized carbons (Fsp3) is 0.0476. The van der Waals surface area contributed by atoms with Crippen LogP contribution in [0.15, 0.2) is 60.7 Å². The number of ether oxygens (including phenoxy) is 1. The van der Waals surface area contributed by atoms with E-state index >= 15 is 0 Å². The van der Waals surface area contributed by atoms with E-state index in [0.29, 0.717) is 27.0 Å². The van der Waals surface area contributed by atoms with Gasteiger partial charge >= 0.3 is 0 Å². The summed E-state index contributed by atoms with van der Waals surface area (Å²) in [5, 5.41) is 14.8. The number of nitrogens with zero attached hydrogens (tertiary/aromatic N) is 2. The van der Waals surface area contributed by atoms with Crippen molar-refractivity contribution in [1.82, 2.24) is 4.98 Å². The monoisotopic (exact) mass is 473 g/mol. The lowest BCUT2D eigenvalue weighted by Crippen LogP contribution is -2.20. The Kier molecular flexibility index (Phi) is 6.03. The van der Waals surface area contributed by atoms with Gasteiger partial charge in [0.2, 0.25) is 0 Å². The molecule has 0 bridgehead atoms. The number of benzene rings is 3. The van der Waals surface area contributed by atoms with Crippen LogP contribution in [-0.2, 0) is 4.79 Å². The van der Waals surface area contributed by atoms with E-state index in [1.807, 2.05) is 24.3 Å². The maximum atomic E-state index is 12.3. The van der Waals surface area contributed by atoms with E-state index in [1.165, 1.54) is 35.6 Å². The van der Waals surface area contributed by atoms with Crippen molar-refractivity contribution >= 4 is 62.0 Å². The Morgan fingerprint density at radius 3 is 2.55 bits per heavy atom. The minimum Gasteiger partial charge on any atom is -0.484 e. The molecule has 0 aliphatic rings. The molecule has 4 rings (SSSR count). The van der Waals surface area contributed by atoms with E-state index in [0.717, 1.165) is 10.2 Å². The van der Waals surface area contributed by atoms with E-state index in [4.69, 9.17) is 27.9 Å². The minimum atomic E-state index is -0.512. The second-order valence-electron chi connectivity index (χ2n) is 6.39. The van der Waals surface area contributed by atoms with Crippen LogP contribution >= 0.6 is 34.5 Å². The van der Waals surface area contributed by atoms with Crippen LogP contribution in [0.1, 0.15) is 0 Å². The molecule has 1 aromatic heterocycles. The van der Waals surface area contributed by atoms with Crippen molar-refractivity contribution in [3.63, 3.8) is 0 Å². The van der Waals surface area contributed by atoms with Gasteiger partial charge in [0.1, 0.15) is 10.8 Å². The van der Waals surface area contributed by atoms with Crippen molar-refractivity contribution in [3.05, 3.63) is 80.8 Å². The van der Waals surface area contributed by atoms with Crippen molar-refractivity contribution in [1.29, 1.82) is 0 Å². The highest BCUT2D eigenvalue weighted by molar-refractivity contribution is 7.21. The summed E-state index contributed by atoms with van der Waals surface area (Å²) < 4.78 is 6.40. The molecule has 0 saturated heterocycles. The van der Waals surface area contributed by atoms with Crippen LogP contribution < -0.4 is 10.1 Å². The predicted octanol–water partition coefficient (Wildman–Crippen LogP) is 6.20. The van der Waals surface area contributed by atoms with Crippen molar-refractivity contribution < 1.29 is 14.5 Å². The van der Waals surface area contributed by atoms with Crippen molar-refractivity contribution in [2.24, 2.45) is 0 Å². The number of rotatable bonds is 6. The van der Waals surface area contributed by atoms with Crippen LogP contribution in [0.25, 0.3) is 20.8 Å². The van der Waals surface area contributed by atoms with Gasteiger partial charge in [-0.15, -0.1) is 11.3 Å². The van der Waals surface area contributed by atoms with Crippen molar-refractivity contribution in [2.45, 2.75) is 0 Å². The Labute approximate surface area is 190 Å². The Morgan fingerprint density at radius 1 is 1.10 bits per heavy atom. The Bertz CT molecular complexity index is 1260. The molecule has 156 valence electrons. The van der Waals surface area contributed by atoms with Crippen molar-refractivity contribution in [2.75, 3.05) is 11.9 Å². The number of para-hydroxylation sites is 1. The predicted molar refractivity (Wildman–Crippen MR) is 122 cm³/mol. The molecule has 0 aliphatic carbocycles. The molecular formula is C21H13Cl2N3O4S. The lowest BCUT2D eigenvalue weighted by atomic mass is 10.2. The van der Waals surface area contributed by atoms with E-state index in [1.54, 1.807) is 12.1 Å². The van der Waals surface area contributed by atoms with Gasteiger partial charge in [0.15, 0.2) is 6.61 Å². The minimum absolute atomic E-state index is 0.0628. The molecular weight excluding hydrogens is 461 g/mol. The fourth-order valence-corrected chi connectivity index (χ4v) is 4.37. The number of nitro groups is 1. The van der Waals surface area contributed by atoms with Crippen LogP contribution in [0.4, 0.5) is 11.4 Å². The summed E-state index contributed by atoms with van der Waals surface area (Å²) in [5.74, 6) is -0.115. The number of non-ortho nitro benzene ring substituents is 1. The number of aromatic nitrogens is 1. The molecule has 0 aliphatic heterocycles. The molecule has 1 N–H and O–H groups in total. The lowest BCUT2D eigenvalue weighted by Gasteiger charge is -2.11. The molecule has 0 saturated carbocycles. The summed E-state index contributed by atoms with van der Waals surface area (Å²) in [7, 11) is 0. The summed E-state index contributed by atoms with van der Waals surface area (Å²) in [6.07, 6.45) is 0. The van der Waals surface area contributed by atoms with Gasteiger partial charge in [-0.25, -0.2) is 4.98 Å². The van der Waals surface area contributed by atoms with Gasteiger partial charge in [0.25, 0.3) is 11.6 Å². The smallest absolute Gasteiger partial charge is 0.269 e. The number of carbonyl (C=O) groups excluding carboxylic acids is 1. The van der Waals surface area contributed by atoms with Crippen LogP contribution in [0, 0.1) is 10.1 Å². The summed E-state index contributed by atoms with van der Waals surface area (Å²) in [6.45, 7) is -0.298. The summed E-state index contributed by atoms with van der Waals surface area (Å²) in [6, 6.07) is 16.4. The summed E-state index contributed by atoms with van der Waals surface area (Å²) in [5.41, 5.74) is 1.82. The molecule has 1 heterocycles. The van der Waals surface area contributed by atoms with E-state index in [9.17, 15) is 14.9 Å². The Morgan fingerprint density at radius 2 is 1.84 bits per heavy atom. The molecule has 0 unspecified atom stereocenters. The molecule has 1 amide bonds. The maximum Gasteiger partial charge on any atom is 0.269 e. The highest BCUT2D eigenvalue weighted by Gasteiger charge is 2.15. The molecule has 0 fully saturated rings. The van der Waals surface area contributed by atoms with Gasteiger partial charge in [0, 0.05) is 17.7 Å². The van der Waals surface area contributed by atoms with Gasteiger partial charge in [-0.3, -0.25) is 14.9 Å². The number of hydrogen-bond acceptors (Lipinski definition) is 6. The normalized spacial score (nSPS) is 10.8. The SMILES string of the molecule is O=C(COc1ccc([N+](=O)[O-])cc1)Nc1cc(-c2nc3ccccc3s2)c(Cl)cc1Cl. The van der Waals surface area contributed by atoms with Crippen molar-refractivity contribution in [3.8, 4) is 16.3 Å². The van der Waals surface area contributed by atoms with Crippen LogP contribution in [0.3, 0.4) is 0 Å². The standard InChI is InChI=1S/C21H13Cl2N3O4S/c22-15-10-16(23)18(9-14(15)21-25-17-3-1-2-4-19(17)31-21)24-20(27)11-30-13-7-5-12(6-8-13)26(28)29/h1-10H,11H2,(H,24,27). The Hall–Kier alpha value is -3.20. The maximum absolute atomic E-state index is 12.3. The number of thiazole rings is 1. The van der Waals surface area contributed by atoms with Crippen LogP contribution in [0.5, 0.6) is 5.75 Å². The summed E-state index contributed by atoms with van der Waals surface area (Å²) in [4.78, 5) is 27.1. The number of anilines is 1. The third kappa shape index (κ3) is 4.77. The molecule has 4 aromatic rings. The third-order valence-corrected chi connectivity index (χ3v) is 5.97. The quantitative estimate of drug-likeness (QED) is 0.265. The Balaban J connectivity index is 1.49. The van der Waals surface area contributed by atoms with Crippen LogP contribution in [-0.4, -0.2) is 22.4 Å². The molecule has 7 nitrogen and oxygen atoms in total. The fourth-order valence-electron chi connectivity index (χ4n) is 2.80. The van der Waals surface area contributed by atoms with Gasteiger partial charge in [0.05, 0.1) is 30.9 Å². The molecule has 0 atom stereocenters. The third-order valence-electron chi connectivity index (χ3n) is 4.27. The second kappa shape index (κ2) is 8.89. The second-order valence-corrected chi connectivity index (χ2v) is 8.23. The molecule has 0 spiro atoms. The zero-order chi connectivity index (χ0) is 22.0.